The lowest BCUT2D eigenvalue weighted by Gasteiger charge is -2.37. The van der Waals surface area contributed by atoms with Gasteiger partial charge in [0.15, 0.2) is 0 Å². The molecule has 1 fully saturated rings. The topological polar surface area (TPSA) is 32.5 Å². The van der Waals surface area contributed by atoms with E-state index in [4.69, 9.17) is 5.73 Å². The van der Waals surface area contributed by atoms with Crippen molar-refractivity contribution in [3.05, 3.63) is 59.2 Å². The highest BCUT2D eigenvalue weighted by Gasteiger charge is 2.18. The normalized spacial score (nSPS) is 16.0. The standard InChI is InChI=1S/C19H25N3/c1-15-5-3-8-19(16(15)2)22-11-9-21(10-12-22)14-17-6-4-7-18(20)13-17/h3-8,13H,9-12,14,20H2,1-2H3. The van der Waals surface area contributed by atoms with Crippen LogP contribution in [0.3, 0.4) is 0 Å². The highest BCUT2D eigenvalue weighted by atomic mass is 15.3. The molecule has 116 valence electrons. The average Bonchev–Trinajstić information content (AvgIpc) is 2.51. The van der Waals surface area contributed by atoms with E-state index in [-0.39, 0.29) is 0 Å². The number of nitrogens with two attached hydrogens (primary N) is 1. The molecular formula is C19H25N3. The Hall–Kier alpha value is -2.00. The van der Waals surface area contributed by atoms with E-state index in [0.717, 1.165) is 38.4 Å². The molecule has 1 saturated heterocycles. The van der Waals surface area contributed by atoms with Gasteiger partial charge in [0.2, 0.25) is 0 Å². The number of hydrogen-bond donors (Lipinski definition) is 1. The van der Waals surface area contributed by atoms with Crippen LogP contribution in [0.25, 0.3) is 0 Å². The number of benzene rings is 2. The summed E-state index contributed by atoms with van der Waals surface area (Å²) >= 11 is 0. The Kier molecular flexibility index (Phi) is 4.34. The van der Waals surface area contributed by atoms with Crippen molar-refractivity contribution in [3.63, 3.8) is 0 Å². The fourth-order valence-corrected chi connectivity index (χ4v) is 3.17. The molecule has 0 bridgehead atoms. The number of anilines is 2. The van der Waals surface area contributed by atoms with Crippen LogP contribution in [-0.2, 0) is 6.54 Å². The molecule has 3 nitrogen and oxygen atoms in total. The molecule has 0 atom stereocenters. The van der Waals surface area contributed by atoms with Gasteiger partial charge in [-0.2, -0.15) is 0 Å². The van der Waals surface area contributed by atoms with Crippen molar-refractivity contribution in [2.45, 2.75) is 20.4 Å². The molecule has 0 aromatic heterocycles. The lowest BCUT2D eigenvalue weighted by Crippen LogP contribution is -2.46. The van der Waals surface area contributed by atoms with Gasteiger partial charge in [-0.05, 0) is 48.7 Å². The molecule has 2 aromatic rings. The minimum absolute atomic E-state index is 0.853. The van der Waals surface area contributed by atoms with E-state index in [9.17, 15) is 0 Å². The minimum Gasteiger partial charge on any atom is -0.399 e. The average molecular weight is 295 g/mol. The molecule has 0 spiro atoms. The quantitative estimate of drug-likeness (QED) is 0.883. The second-order valence-corrected chi connectivity index (χ2v) is 6.23. The lowest BCUT2D eigenvalue weighted by atomic mass is 10.1. The molecule has 2 aromatic carbocycles. The second-order valence-electron chi connectivity index (χ2n) is 6.23. The fourth-order valence-electron chi connectivity index (χ4n) is 3.17. The van der Waals surface area contributed by atoms with Gasteiger partial charge in [0.25, 0.3) is 0 Å². The molecule has 1 heterocycles. The summed E-state index contributed by atoms with van der Waals surface area (Å²) in [5, 5.41) is 0. The van der Waals surface area contributed by atoms with Crippen LogP contribution in [0.1, 0.15) is 16.7 Å². The van der Waals surface area contributed by atoms with Gasteiger partial charge in [-0.1, -0.05) is 24.3 Å². The smallest absolute Gasteiger partial charge is 0.0399 e. The van der Waals surface area contributed by atoms with Crippen LogP contribution in [-0.4, -0.2) is 31.1 Å². The summed E-state index contributed by atoms with van der Waals surface area (Å²) < 4.78 is 0. The Bertz CT molecular complexity index is 643. The zero-order chi connectivity index (χ0) is 15.5. The van der Waals surface area contributed by atoms with E-state index in [1.165, 1.54) is 22.4 Å². The monoisotopic (exact) mass is 295 g/mol. The van der Waals surface area contributed by atoms with Crippen LogP contribution in [0.2, 0.25) is 0 Å². The van der Waals surface area contributed by atoms with E-state index in [1.54, 1.807) is 0 Å². The molecule has 0 amide bonds. The van der Waals surface area contributed by atoms with Crippen LogP contribution >= 0.6 is 0 Å². The van der Waals surface area contributed by atoms with Crippen molar-refractivity contribution in [3.8, 4) is 0 Å². The summed E-state index contributed by atoms with van der Waals surface area (Å²) in [6, 6.07) is 14.8. The molecule has 0 radical (unpaired) electrons. The van der Waals surface area contributed by atoms with Crippen LogP contribution in [0, 0.1) is 13.8 Å². The van der Waals surface area contributed by atoms with E-state index in [1.807, 2.05) is 12.1 Å². The molecule has 1 aliphatic rings. The summed E-state index contributed by atoms with van der Waals surface area (Å²) in [5.41, 5.74) is 12.2. The number of nitrogens with zero attached hydrogens (tertiary/aromatic N) is 2. The summed E-state index contributed by atoms with van der Waals surface area (Å²) in [7, 11) is 0. The van der Waals surface area contributed by atoms with Gasteiger partial charge in [-0.25, -0.2) is 0 Å². The van der Waals surface area contributed by atoms with Gasteiger partial charge >= 0.3 is 0 Å². The maximum absolute atomic E-state index is 5.87. The van der Waals surface area contributed by atoms with Crippen molar-refractivity contribution in [2.24, 2.45) is 0 Å². The van der Waals surface area contributed by atoms with Crippen molar-refractivity contribution in [2.75, 3.05) is 36.8 Å². The van der Waals surface area contributed by atoms with E-state index >= 15 is 0 Å². The molecule has 0 saturated carbocycles. The van der Waals surface area contributed by atoms with Crippen molar-refractivity contribution < 1.29 is 0 Å². The van der Waals surface area contributed by atoms with Gasteiger partial charge < -0.3 is 10.6 Å². The van der Waals surface area contributed by atoms with Crippen molar-refractivity contribution >= 4 is 11.4 Å². The maximum Gasteiger partial charge on any atom is 0.0399 e. The van der Waals surface area contributed by atoms with Gasteiger partial charge in [0.1, 0.15) is 0 Å². The third-order valence-corrected chi connectivity index (χ3v) is 4.65. The maximum atomic E-state index is 5.87. The number of rotatable bonds is 3. The van der Waals surface area contributed by atoms with Crippen LogP contribution in [0.5, 0.6) is 0 Å². The molecule has 2 N–H and O–H groups in total. The predicted octanol–water partition coefficient (Wildman–Crippen LogP) is 3.21. The van der Waals surface area contributed by atoms with Gasteiger partial charge in [0.05, 0.1) is 0 Å². The minimum atomic E-state index is 0.853. The van der Waals surface area contributed by atoms with Gasteiger partial charge in [0, 0.05) is 44.1 Å². The number of nitrogen functional groups attached to an aromatic ring is 1. The third kappa shape index (κ3) is 3.25. The predicted molar refractivity (Wildman–Crippen MR) is 94.3 cm³/mol. The molecule has 0 unspecified atom stereocenters. The highest BCUT2D eigenvalue weighted by Crippen LogP contribution is 2.24. The Morgan fingerprint density at radius 1 is 0.955 bits per heavy atom. The van der Waals surface area contributed by atoms with Crippen molar-refractivity contribution in [1.82, 2.24) is 4.90 Å². The SMILES string of the molecule is Cc1cccc(N2CCN(Cc3cccc(N)c3)CC2)c1C. The zero-order valence-electron chi connectivity index (χ0n) is 13.5. The number of aryl methyl sites for hydroxylation is 1. The Labute approximate surface area is 133 Å². The summed E-state index contributed by atoms with van der Waals surface area (Å²) in [4.78, 5) is 5.02. The Balaban J connectivity index is 1.62. The highest BCUT2D eigenvalue weighted by molar-refractivity contribution is 5.56. The third-order valence-electron chi connectivity index (χ3n) is 4.65. The Morgan fingerprint density at radius 2 is 1.68 bits per heavy atom. The lowest BCUT2D eigenvalue weighted by molar-refractivity contribution is 0.250. The molecule has 22 heavy (non-hydrogen) atoms. The summed E-state index contributed by atoms with van der Waals surface area (Å²) in [6.07, 6.45) is 0. The van der Waals surface area contributed by atoms with Crippen LogP contribution in [0.15, 0.2) is 42.5 Å². The van der Waals surface area contributed by atoms with E-state index < -0.39 is 0 Å². The fraction of sp³-hybridized carbons (Fsp3) is 0.368. The molecule has 1 aliphatic heterocycles. The number of piperazine rings is 1. The van der Waals surface area contributed by atoms with E-state index in [0.29, 0.717) is 0 Å². The zero-order valence-corrected chi connectivity index (χ0v) is 13.5. The van der Waals surface area contributed by atoms with Crippen LogP contribution < -0.4 is 10.6 Å². The first kappa shape index (κ1) is 14.9. The second kappa shape index (κ2) is 6.41. The molecule has 3 rings (SSSR count). The molecule has 0 aliphatic carbocycles. The summed E-state index contributed by atoms with van der Waals surface area (Å²) in [6.45, 7) is 9.79. The van der Waals surface area contributed by atoms with E-state index in [2.05, 4.69) is 54.0 Å². The molecular weight excluding hydrogens is 270 g/mol. The Morgan fingerprint density at radius 3 is 2.41 bits per heavy atom. The number of hydrogen-bond acceptors (Lipinski definition) is 3. The van der Waals surface area contributed by atoms with Crippen LogP contribution in [0.4, 0.5) is 11.4 Å². The van der Waals surface area contributed by atoms with Crippen molar-refractivity contribution in [1.29, 1.82) is 0 Å². The van der Waals surface area contributed by atoms with Gasteiger partial charge in [-0.15, -0.1) is 0 Å². The first-order chi connectivity index (χ1) is 10.6. The summed E-state index contributed by atoms with van der Waals surface area (Å²) in [5.74, 6) is 0. The first-order valence-electron chi connectivity index (χ1n) is 8.01. The van der Waals surface area contributed by atoms with Gasteiger partial charge in [-0.3, -0.25) is 4.90 Å². The first-order valence-corrected chi connectivity index (χ1v) is 8.01. The molecule has 3 heteroatoms. The largest absolute Gasteiger partial charge is 0.399 e.